The van der Waals surface area contributed by atoms with Crippen LogP contribution in [0.2, 0.25) is 0 Å². The molecule has 0 aliphatic heterocycles. The summed E-state index contributed by atoms with van der Waals surface area (Å²) in [5, 5.41) is 15.0. The minimum absolute atomic E-state index is 0.683. The first-order valence-corrected chi connectivity index (χ1v) is 6.80. The van der Waals surface area contributed by atoms with Gasteiger partial charge in [0.2, 0.25) is 0 Å². The van der Waals surface area contributed by atoms with Crippen molar-refractivity contribution >= 4 is 15.9 Å². The number of aryl methyl sites for hydroxylation is 1. The van der Waals surface area contributed by atoms with Gasteiger partial charge >= 0.3 is 0 Å². The third-order valence-electron chi connectivity index (χ3n) is 3.64. The van der Waals surface area contributed by atoms with Gasteiger partial charge in [-0.15, -0.1) is 0 Å². The molecule has 0 amide bonds. The number of hydrogen-bond acceptors (Lipinski definition) is 2. The van der Waals surface area contributed by atoms with E-state index in [9.17, 15) is 5.11 Å². The average Bonchev–Trinajstić information content (AvgIpc) is 2.65. The Morgan fingerprint density at radius 1 is 1.56 bits per heavy atom. The normalized spacial score (nSPS) is 30.6. The van der Waals surface area contributed by atoms with E-state index in [4.69, 9.17) is 0 Å². The standard InChI is InChI=1S/C12H19BrN2O/c1-3-15-11(10(13)8-14-15)12(16)6-4-9(2)5-7-12/h8-9,16H,3-7H2,1-2H3. The number of hydrogen-bond donors (Lipinski definition) is 1. The fraction of sp³-hybridized carbons (Fsp3) is 0.750. The summed E-state index contributed by atoms with van der Waals surface area (Å²) in [5.41, 5.74) is 0.277. The minimum atomic E-state index is -0.683. The van der Waals surface area contributed by atoms with E-state index in [2.05, 4.69) is 34.9 Å². The Balaban J connectivity index is 2.31. The van der Waals surface area contributed by atoms with Crippen molar-refractivity contribution in [3.63, 3.8) is 0 Å². The van der Waals surface area contributed by atoms with Crippen LogP contribution in [0.1, 0.15) is 45.2 Å². The highest BCUT2D eigenvalue weighted by Crippen LogP contribution is 2.41. The Morgan fingerprint density at radius 2 is 2.19 bits per heavy atom. The Bertz CT molecular complexity index is 367. The lowest BCUT2D eigenvalue weighted by Crippen LogP contribution is -2.33. The van der Waals surface area contributed by atoms with Crippen LogP contribution in [-0.2, 0) is 12.1 Å². The van der Waals surface area contributed by atoms with Gasteiger partial charge < -0.3 is 5.11 Å². The Hall–Kier alpha value is -0.350. The molecule has 0 saturated heterocycles. The van der Waals surface area contributed by atoms with Gasteiger partial charge in [-0.25, -0.2) is 0 Å². The minimum Gasteiger partial charge on any atom is -0.384 e. The predicted molar refractivity (Wildman–Crippen MR) is 67.1 cm³/mol. The van der Waals surface area contributed by atoms with E-state index in [1.807, 2.05) is 4.68 Å². The second-order valence-electron chi connectivity index (χ2n) is 4.87. The topological polar surface area (TPSA) is 38.0 Å². The molecule has 16 heavy (non-hydrogen) atoms. The maximum atomic E-state index is 10.8. The molecule has 3 nitrogen and oxygen atoms in total. The molecule has 90 valence electrons. The van der Waals surface area contributed by atoms with Crippen LogP contribution in [0.15, 0.2) is 10.7 Å². The fourth-order valence-corrected chi connectivity index (χ4v) is 3.21. The van der Waals surface area contributed by atoms with Gasteiger partial charge in [0, 0.05) is 6.54 Å². The fourth-order valence-electron chi connectivity index (χ4n) is 2.54. The van der Waals surface area contributed by atoms with Gasteiger partial charge in [0.25, 0.3) is 0 Å². The molecule has 1 aromatic heterocycles. The summed E-state index contributed by atoms with van der Waals surface area (Å²) in [4.78, 5) is 0. The molecule has 4 heteroatoms. The first-order chi connectivity index (χ1) is 7.57. The van der Waals surface area contributed by atoms with Crippen LogP contribution in [0.25, 0.3) is 0 Å². The van der Waals surface area contributed by atoms with Gasteiger partial charge in [-0.2, -0.15) is 5.10 Å². The van der Waals surface area contributed by atoms with Crippen LogP contribution in [0.3, 0.4) is 0 Å². The molecule has 2 rings (SSSR count). The molecule has 0 spiro atoms. The monoisotopic (exact) mass is 286 g/mol. The van der Waals surface area contributed by atoms with Crippen LogP contribution >= 0.6 is 15.9 Å². The summed E-state index contributed by atoms with van der Waals surface area (Å²) in [7, 11) is 0. The molecule has 1 saturated carbocycles. The second-order valence-corrected chi connectivity index (χ2v) is 5.73. The van der Waals surface area contributed by atoms with Crippen molar-refractivity contribution < 1.29 is 5.11 Å². The van der Waals surface area contributed by atoms with Gasteiger partial charge in [-0.05, 0) is 54.5 Å². The zero-order chi connectivity index (χ0) is 11.8. The molecular weight excluding hydrogens is 268 g/mol. The van der Waals surface area contributed by atoms with E-state index in [1.54, 1.807) is 6.20 Å². The van der Waals surface area contributed by atoms with Crippen molar-refractivity contribution in [1.82, 2.24) is 9.78 Å². The maximum absolute atomic E-state index is 10.8. The number of aliphatic hydroxyl groups is 1. The van der Waals surface area contributed by atoms with Gasteiger partial charge in [-0.3, -0.25) is 4.68 Å². The molecule has 1 N–H and O–H groups in total. The summed E-state index contributed by atoms with van der Waals surface area (Å²) >= 11 is 3.50. The van der Waals surface area contributed by atoms with Crippen molar-refractivity contribution in [1.29, 1.82) is 0 Å². The molecule has 0 unspecified atom stereocenters. The Morgan fingerprint density at radius 3 is 2.75 bits per heavy atom. The SMILES string of the molecule is CCn1ncc(Br)c1C1(O)CCC(C)CC1. The predicted octanol–water partition coefficient (Wildman–Crippen LogP) is 3.06. The van der Waals surface area contributed by atoms with E-state index in [0.717, 1.165) is 48.3 Å². The zero-order valence-electron chi connectivity index (χ0n) is 9.91. The van der Waals surface area contributed by atoms with Crippen LogP contribution in [0.4, 0.5) is 0 Å². The molecule has 0 atom stereocenters. The summed E-state index contributed by atoms with van der Waals surface area (Å²) in [5.74, 6) is 0.733. The maximum Gasteiger partial charge on any atom is 0.107 e. The van der Waals surface area contributed by atoms with Crippen molar-refractivity contribution in [3.05, 3.63) is 16.4 Å². The lowest BCUT2D eigenvalue weighted by atomic mass is 9.78. The van der Waals surface area contributed by atoms with Gasteiger partial charge in [0.05, 0.1) is 16.4 Å². The molecule has 1 aromatic rings. The number of rotatable bonds is 2. The third kappa shape index (κ3) is 2.05. The lowest BCUT2D eigenvalue weighted by Gasteiger charge is -2.35. The van der Waals surface area contributed by atoms with Gasteiger partial charge in [0.15, 0.2) is 0 Å². The van der Waals surface area contributed by atoms with Crippen molar-refractivity contribution in [3.8, 4) is 0 Å². The number of halogens is 1. The second kappa shape index (κ2) is 4.49. The molecule has 1 fully saturated rings. The summed E-state index contributed by atoms with van der Waals surface area (Å²) < 4.78 is 2.84. The summed E-state index contributed by atoms with van der Waals surface area (Å²) in [6.07, 6.45) is 5.67. The van der Waals surface area contributed by atoms with Crippen LogP contribution in [0.5, 0.6) is 0 Å². The average molecular weight is 287 g/mol. The van der Waals surface area contributed by atoms with E-state index >= 15 is 0 Å². The molecule has 1 aliphatic rings. The summed E-state index contributed by atoms with van der Waals surface area (Å²) in [6.45, 7) is 5.11. The van der Waals surface area contributed by atoms with Crippen LogP contribution in [-0.4, -0.2) is 14.9 Å². The van der Waals surface area contributed by atoms with Crippen molar-refractivity contribution in [2.75, 3.05) is 0 Å². The van der Waals surface area contributed by atoms with E-state index in [1.165, 1.54) is 0 Å². The van der Waals surface area contributed by atoms with Crippen LogP contribution < -0.4 is 0 Å². The smallest absolute Gasteiger partial charge is 0.107 e. The highest BCUT2D eigenvalue weighted by atomic mass is 79.9. The largest absolute Gasteiger partial charge is 0.384 e. The molecule has 1 heterocycles. The lowest BCUT2D eigenvalue weighted by molar-refractivity contribution is -0.0201. The van der Waals surface area contributed by atoms with E-state index < -0.39 is 5.60 Å². The zero-order valence-corrected chi connectivity index (χ0v) is 11.5. The Labute approximate surface area is 105 Å². The molecule has 0 aromatic carbocycles. The first kappa shape index (κ1) is 12.1. The van der Waals surface area contributed by atoms with Gasteiger partial charge in [-0.1, -0.05) is 6.92 Å². The highest BCUT2D eigenvalue weighted by Gasteiger charge is 2.37. The number of nitrogens with zero attached hydrogens (tertiary/aromatic N) is 2. The third-order valence-corrected chi connectivity index (χ3v) is 4.22. The van der Waals surface area contributed by atoms with E-state index in [-0.39, 0.29) is 0 Å². The van der Waals surface area contributed by atoms with Crippen molar-refractivity contribution in [2.45, 2.75) is 51.7 Å². The molecule has 0 bridgehead atoms. The molecule has 1 aliphatic carbocycles. The summed E-state index contributed by atoms with van der Waals surface area (Å²) in [6, 6.07) is 0. The quantitative estimate of drug-likeness (QED) is 0.907. The van der Waals surface area contributed by atoms with Crippen molar-refractivity contribution in [2.24, 2.45) is 5.92 Å². The van der Waals surface area contributed by atoms with E-state index in [0.29, 0.717) is 0 Å². The Kier molecular flexibility index (Phi) is 3.40. The molecular formula is C12H19BrN2O. The highest BCUT2D eigenvalue weighted by molar-refractivity contribution is 9.10. The van der Waals surface area contributed by atoms with Gasteiger partial charge in [0.1, 0.15) is 5.60 Å². The van der Waals surface area contributed by atoms with Crippen LogP contribution in [0, 0.1) is 5.92 Å². The first-order valence-electron chi connectivity index (χ1n) is 6.01. The molecule has 0 radical (unpaired) electrons. The number of aromatic nitrogens is 2.